The molecular formula is C16H16N2O. The normalized spacial score (nSPS) is 18.2. The molecule has 0 saturated carbocycles. The quantitative estimate of drug-likeness (QED) is 0.674. The maximum Gasteiger partial charge on any atom is 0.141 e. The first-order valence-corrected chi connectivity index (χ1v) is 6.39. The van der Waals surface area contributed by atoms with E-state index in [-0.39, 0.29) is 6.04 Å². The summed E-state index contributed by atoms with van der Waals surface area (Å²) in [6.45, 7) is 1.55. The summed E-state index contributed by atoms with van der Waals surface area (Å²) < 4.78 is 0. The Kier molecular flexibility index (Phi) is 3.05. The summed E-state index contributed by atoms with van der Waals surface area (Å²) >= 11 is 0. The minimum absolute atomic E-state index is 0.157. The monoisotopic (exact) mass is 252 g/mol. The third-order valence-corrected chi connectivity index (χ3v) is 3.61. The van der Waals surface area contributed by atoms with E-state index in [2.05, 4.69) is 17.0 Å². The van der Waals surface area contributed by atoms with Crippen molar-refractivity contribution >= 4 is 12.0 Å². The minimum Gasteiger partial charge on any atom is -0.399 e. The van der Waals surface area contributed by atoms with Crippen LogP contribution in [0.25, 0.3) is 0 Å². The van der Waals surface area contributed by atoms with Crippen molar-refractivity contribution in [1.29, 1.82) is 0 Å². The number of carbonyl (C=O) groups is 1. The predicted octanol–water partition coefficient (Wildman–Crippen LogP) is 2.52. The molecule has 0 amide bonds. The van der Waals surface area contributed by atoms with E-state index < -0.39 is 0 Å². The van der Waals surface area contributed by atoms with E-state index in [1.807, 2.05) is 36.4 Å². The molecule has 1 unspecified atom stereocenters. The van der Waals surface area contributed by atoms with Crippen LogP contribution in [0.4, 0.5) is 5.69 Å². The molecule has 19 heavy (non-hydrogen) atoms. The van der Waals surface area contributed by atoms with Gasteiger partial charge in [-0.05, 0) is 28.8 Å². The molecule has 3 nitrogen and oxygen atoms in total. The Morgan fingerprint density at radius 2 is 2.00 bits per heavy atom. The first kappa shape index (κ1) is 11.9. The van der Waals surface area contributed by atoms with Gasteiger partial charge in [-0.2, -0.15) is 0 Å². The largest absolute Gasteiger partial charge is 0.399 e. The van der Waals surface area contributed by atoms with Crippen molar-refractivity contribution in [3.05, 3.63) is 65.2 Å². The van der Waals surface area contributed by atoms with Gasteiger partial charge in [0.2, 0.25) is 0 Å². The second-order valence-electron chi connectivity index (χ2n) is 4.93. The van der Waals surface area contributed by atoms with Gasteiger partial charge in [0.1, 0.15) is 6.29 Å². The fourth-order valence-electron chi connectivity index (χ4n) is 2.70. The van der Waals surface area contributed by atoms with Crippen molar-refractivity contribution in [3.8, 4) is 0 Å². The third kappa shape index (κ3) is 2.25. The summed E-state index contributed by atoms with van der Waals surface area (Å²) in [6, 6.07) is 15.8. The smallest absolute Gasteiger partial charge is 0.141 e. The zero-order chi connectivity index (χ0) is 13.2. The van der Waals surface area contributed by atoms with E-state index >= 15 is 0 Å². The fourth-order valence-corrected chi connectivity index (χ4v) is 2.70. The van der Waals surface area contributed by atoms with Gasteiger partial charge in [0.25, 0.3) is 0 Å². The van der Waals surface area contributed by atoms with Crippen LogP contribution in [0.3, 0.4) is 0 Å². The Balaban J connectivity index is 1.87. The number of hydrogen-bond donors (Lipinski definition) is 1. The maximum absolute atomic E-state index is 11.4. The summed E-state index contributed by atoms with van der Waals surface area (Å²) in [5.41, 5.74) is 10.0. The minimum atomic E-state index is -0.157. The second kappa shape index (κ2) is 4.86. The Morgan fingerprint density at radius 3 is 2.74 bits per heavy atom. The molecular weight excluding hydrogens is 236 g/mol. The summed E-state index contributed by atoms with van der Waals surface area (Å²) in [5, 5.41) is 0. The van der Waals surface area contributed by atoms with E-state index in [1.165, 1.54) is 5.56 Å². The summed E-state index contributed by atoms with van der Waals surface area (Å²) in [4.78, 5) is 13.6. The van der Waals surface area contributed by atoms with E-state index in [0.717, 1.165) is 36.2 Å². The molecule has 2 aromatic carbocycles. The molecule has 1 aliphatic rings. The van der Waals surface area contributed by atoms with Crippen molar-refractivity contribution < 1.29 is 4.79 Å². The molecule has 0 aliphatic carbocycles. The van der Waals surface area contributed by atoms with Crippen LogP contribution in [0.2, 0.25) is 0 Å². The van der Waals surface area contributed by atoms with Crippen molar-refractivity contribution in [2.75, 3.05) is 5.73 Å². The number of nitrogen functional groups attached to an aromatic ring is 1. The van der Waals surface area contributed by atoms with Gasteiger partial charge in [-0.15, -0.1) is 0 Å². The highest BCUT2D eigenvalue weighted by Gasteiger charge is 2.29. The molecule has 0 fully saturated rings. The highest BCUT2D eigenvalue weighted by atomic mass is 16.1. The van der Waals surface area contributed by atoms with Gasteiger partial charge in [-0.3, -0.25) is 4.90 Å². The zero-order valence-corrected chi connectivity index (χ0v) is 10.6. The molecule has 96 valence electrons. The molecule has 2 N–H and O–H groups in total. The van der Waals surface area contributed by atoms with Gasteiger partial charge in [0, 0.05) is 18.8 Å². The molecule has 1 atom stereocenters. The lowest BCUT2D eigenvalue weighted by Crippen LogP contribution is -2.22. The van der Waals surface area contributed by atoms with Gasteiger partial charge < -0.3 is 10.5 Å². The number of rotatable bonds is 3. The number of fused-ring (bicyclic) bond motifs is 1. The number of nitrogens with two attached hydrogens (primary N) is 1. The number of nitrogens with zero attached hydrogens (tertiary/aromatic N) is 1. The van der Waals surface area contributed by atoms with Gasteiger partial charge >= 0.3 is 0 Å². The molecule has 0 bridgehead atoms. The van der Waals surface area contributed by atoms with E-state index in [9.17, 15) is 4.79 Å². The van der Waals surface area contributed by atoms with Gasteiger partial charge in [-0.25, -0.2) is 0 Å². The number of hydrogen-bond acceptors (Lipinski definition) is 3. The Morgan fingerprint density at radius 1 is 1.21 bits per heavy atom. The number of benzene rings is 2. The molecule has 1 heterocycles. The number of carbonyl (C=O) groups excluding carboxylic acids is 1. The van der Waals surface area contributed by atoms with Crippen LogP contribution in [-0.4, -0.2) is 11.2 Å². The average Bonchev–Trinajstić information content (AvgIpc) is 2.76. The van der Waals surface area contributed by atoms with Crippen LogP contribution in [-0.2, 0) is 17.9 Å². The van der Waals surface area contributed by atoms with Crippen molar-refractivity contribution in [1.82, 2.24) is 4.90 Å². The molecule has 0 aromatic heterocycles. The predicted molar refractivity (Wildman–Crippen MR) is 75.3 cm³/mol. The Labute approximate surface area is 112 Å². The highest BCUT2D eigenvalue weighted by Crippen LogP contribution is 2.34. The molecule has 0 saturated heterocycles. The zero-order valence-electron chi connectivity index (χ0n) is 10.6. The molecule has 3 rings (SSSR count). The van der Waals surface area contributed by atoms with Gasteiger partial charge in [-0.1, -0.05) is 36.4 Å². The van der Waals surface area contributed by atoms with Crippen molar-refractivity contribution in [3.63, 3.8) is 0 Å². The van der Waals surface area contributed by atoms with Crippen LogP contribution in [0.15, 0.2) is 48.5 Å². The first-order valence-electron chi connectivity index (χ1n) is 6.39. The standard InChI is InChI=1S/C16H16N2O/c17-14-6-7-15-13(8-14)10-18(16(15)11-19)9-12-4-2-1-3-5-12/h1-8,11,16H,9-10,17H2. The van der Waals surface area contributed by atoms with Crippen LogP contribution in [0.5, 0.6) is 0 Å². The van der Waals surface area contributed by atoms with E-state index in [4.69, 9.17) is 5.73 Å². The van der Waals surface area contributed by atoms with Crippen LogP contribution in [0, 0.1) is 0 Å². The average molecular weight is 252 g/mol. The third-order valence-electron chi connectivity index (χ3n) is 3.61. The van der Waals surface area contributed by atoms with Crippen molar-refractivity contribution in [2.24, 2.45) is 0 Å². The Hall–Kier alpha value is -2.13. The van der Waals surface area contributed by atoms with Crippen molar-refractivity contribution in [2.45, 2.75) is 19.1 Å². The lowest BCUT2D eigenvalue weighted by atomic mass is 10.1. The fraction of sp³-hybridized carbons (Fsp3) is 0.188. The molecule has 1 aliphatic heterocycles. The first-order chi connectivity index (χ1) is 9.28. The van der Waals surface area contributed by atoms with E-state index in [0.29, 0.717) is 0 Å². The molecule has 2 aromatic rings. The lowest BCUT2D eigenvalue weighted by molar-refractivity contribution is -0.112. The van der Waals surface area contributed by atoms with Gasteiger partial charge in [0.05, 0.1) is 6.04 Å². The summed E-state index contributed by atoms with van der Waals surface area (Å²) in [5.74, 6) is 0. The van der Waals surface area contributed by atoms with Crippen LogP contribution >= 0.6 is 0 Å². The summed E-state index contributed by atoms with van der Waals surface area (Å²) in [7, 11) is 0. The number of anilines is 1. The SMILES string of the molecule is Nc1ccc2c(c1)CN(Cc1ccccc1)C2C=O. The topological polar surface area (TPSA) is 46.3 Å². The maximum atomic E-state index is 11.4. The number of aldehydes is 1. The molecule has 0 spiro atoms. The second-order valence-corrected chi connectivity index (χ2v) is 4.93. The molecule has 3 heteroatoms. The highest BCUT2D eigenvalue weighted by molar-refractivity contribution is 5.65. The van der Waals surface area contributed by atoms with E-state index in [1.54, 1.807) is 0 Å². The Bertz CT molecular complexity index is 595. The van der Waals surface area contributed by atoms with Crippen LogP contribution in [0.1, 0.15) is 22.7 Å². The molecule has 0 radical (unpaired) electrons. The summed E-state index contributed by atoms with van der Waals surface area (Å²) in [6.07, 6.45) is 1.02. The van der Waals surface area contributed by atoms with Crippen LogP contribution < -0.4 is 5.73 Å². The van der Waals surface area contributed by atoms with Gasteiger partial charge in [0.15, 0.2) is 0 Å². The lowest BCUT2D eigenvalue weighted by Gasteiger charge is -2.20.